The van der Waals surface area contributed by atoms with E-state index in [1.807, 2.05) is 25.1 Å². The van der Waals surface area contributed by atoms with Crippen molar-refractivity contribution in [2.24, 2.45) is 4.99 Å². The van der Waals surface area contributed by atoms with Gasteiger partial charge in [-0.2, -0.15) is 13.2 Å². The van der Waals surface area contributed by atoms with E-state index in [0.717, 1.165) is 18.8 Å². The Labute approximate surface area is 168 Å². The molecule has 1 rings (SSSR count). The summed E-state index contributed by atoms with van der Waals surface area (Å²) in [6.07, 6.45) is -3.82. The molecule has 0 atom stereocenters. The van der Waals surface area contributed by atoms with Crippen molar-refractivity contribution in [3.8, 4) is 0 Å². The summed E-state index contributed by atoms with van der Waals surface area (Å²) in [5.41, 5.74) is 0. The van der Waals surface area contributed by atoms with Gasteiger partial charge in [-0.15, -0.1) is 35.7 Å². The lowest BCUT2D eigenvalue weighted by atomic mass is 10.4. The first-order valence-corrected chi connectivity index (χ1v) is 8.84. The van der Waals surface area contributed by atoms with E-state index >= 15 is 0 Å². The van der Waals surface area contributed by atoms with Gasteiger partial charge in [0.05, 0.1) is 0 Å². The number of hydrogen-bond donors (Lipinski definition) is 2. The molecular formula is C16H25F3IN3OS. The zero-order valence-corrected chi connectivity index (χ0v) is 17.3. The number of rotatable bonds is 10. The molecule has 1 aromatic carbocycles. The fourth-order valence-corrected chi connectivity index (χ4v) is 2.53. The molecule has 0 aliphatic heterocycles. The summed E-state index contributed by atoms with van der Waals surface area (Å²) in [7, 11) is 0. The molecule has 0 aliphatic carbocycles. The zero-order valence-electron chi connectivity index (χ0n) is 14.1. The van der Waals surface area contributed by atoms with Crippen LogP contribution in [0.25, 0.3) is 0 Å². The van der Waals surface area contributed by atoms with Gasteiger partial charge < -0.3 is 15.4 Å². The second kappa shape index (κ2) is 14.5. The van der Waals surface area contributed by atoms with Crippen LogP contribution in [-0.2, 0) is 4.74 Å². The number of benzene rings is 1. The highest BCUT2D eigenvalue weighted by Crippen LogP contribution is 2.15. The minimum absolute atomic E-state index is 0. The third kappa shape index (κ3) is 14.2. The Hall–Kier alpha value is -0.680. The van der Waals surface area contributed by atoms with E-state index in [-0.39, 0.29) is 30.6 Å². The predicted molar refractivity (Wildman–Crippen MR) is 108 cm³/mol. The van der Waals surface area contributed by atoms with E-state index in [0.29, 0.717) is 18.9 Å². The molecule has 0 bridgehead atoms. The first kappa shape index (κ1) is 24.3. The number of nitrogens with zero attached hydrogens (tertiary/aromatic N) is 1. The Morgan fingerprint density at radius 2 is 1.92 bits per heavy atom. The lowest BCUT2D eigenvalue weighted by Gasteiger charge is -2.11. The number of nitrogens with one attached hydrogen (secondary N) is 2. The quantitative estimate of drug-likeness (QED) is 0.171. The molecule has 0 amide bonds. The highest BCUT2D eigenvalue weighted by atomic mass is 127. The summed E-state index contributed by atoms with van der Waals surface area (Å²) in [6, 6.07) is 10.1. The Bertz CT molecular complexity index is 475. The maximum atomic E-state index is 11.9. The SMILES string of the molecule is CCNC(=NCCCOCC(F)(F)F)NCCSc1ccccc1.I. The molecule has 9 heteroatoms. The lowest BCUT2D eigenvalue weighted by molar-refractivity contribution is -0.173. The lowest BCUT2D eigenvalue weighted by Crippen LogP contribution is -2.38. The molecule has 0 spiro atoms. The minimum atomic E-state index is -4.27. The third-order valence-electron chi connectivity index (χ3n) is 2.73. The van der Waals surface area contributed by atoms with Crippen LogP contribution in [0.3, 0.4) is 0 Å². The van der Waals surface area contributed by atoms with Crippen molar-refractivity contribution in [2.75, 3.05) is 38.6 Å². The molecule has 0 heterocycles. The van der Waals surface area contributed by atoms with Crippen LogP contribution in [0, 0.1) is 0 Å². The number of alkyl halides is 3. The molecule has 0 aliphatic rings. The monoisotopic (exact) mass is 491 g/mol. The summed E-state index contributed by atoms with van der Waals surface area (Å²) < 4.78 is 40.3. The van der Waals surface area contributed by atoms with Crippen LogP contribution in [0.4, 0.5) is 13.2 Å². The number of ether oxygens (including phenoxy) is 1. The molecule has 2 N–H and O–H groups in total. The zero-order chi connectivity index (χ0) is 17.7. The van der Waals surface area contributed by atoms with Crippen LogP contribution in [0.15, 0.2) is 40.2 Å². The molecule has 25 heavy (non-hydrogen) atoms. The van der Waals surface area contributed by atoms with Crippen molar-refractivity contribution in [1.29, 1.82) is 0 Å². The molecule has 4 nitrogen and oxygen atoms in total. The number of guanidine groups is 1. The van der Waals surface area contributed by atoms with Gasteiger partial charge in [0.25, 0.3) is 0 Å². The average Bonchev–Trinajstić information content (AvgIpc) is 2.54. The first-order chi connectivity index (χ1) is 11.5. The predicted octanol–water partition coefficient (Wildman–Crippen LogP) is 3.92. The van der Waals surface area contributed by atoms with E-state index in [9.17, 15) is 13.2 Å². The van der Waals surface area contributed by atoms with Crippen LogP contribution in [0.5, 0.6) is 0 Å². The van der Waals surface area contributed by atoms with Crippen molar-refractivity contribution < 1.29 is 17.9 Å². The summed E-state index contributed by atoms with van der Waals surface area (Å²) >= 11 is 1.75. The highest BCUT2D eigenvalue weighted by Gasteiger charge is 2.27. The van der Waals surface area contributed by atoms with Crippen LogP contribution in [-0.4, -0.2) is 50.7 Å². The Morgan fingerprint density at radius 1 is 1.20 bits per heavy atom. The molecule has 144 valence electrons. The van der Waals surface area contributed by atoms with E-state index < -0.39 is 12.8 Å². The second-order valence-corrected chi connectivity index (χ2v) is 6.04. The van der Waals surface area contributed by atoms with Gasteiger partial charge in [-0.05, 0) is 25.5 Å². The number of hydrogen-bond acceptors (Lipinski definition) is 3. The van der Waals surface area contributed by atoms with E-state index in [4.69, 9.17) is 0 Å². The number of halogens is 4. The van der Waals surface area contributed by atoms with Crippen molar-refractivity contribution in [3.05, 3.63) is 30.3 Å². The summed E-state index contributed by atoms with van der Waals surface area (Å²) in [4.78, 5) is 5.53. The highest BCUT2D eigenvalue weighted by molar-refractivity contribution is 14.0. The van der Waals surface area contributed by atoms with Gasteiger partial charge in [-0.3, -0.25) is 4.99 Å². The fourth-order valence-electron chi connectivity index (χ4n) is 1.74. The van der Waals surface area contributed by atoms with Crippen molar-refractivity contribution in [3.63, 3.8) is 0 Å². The van der Waals surface area contributed by atoms with Gasteiger partial charge in [0.1, 0.15) is 6.61 Å². The molecule has 0 saturated carbocycles. The van der Waals surface area contributed by atoms with Crippen LogP contribution in [0.1, 0.15) is 13.3 Å². The van der Waals surface area contributed by atoms with Crippen LogP contribution in [0.2, 0.25) is 0 Å². The largest absolute Gasteiger partial charge is 0.411 e. The first-order valence-electron chi connectivity index (χ1n) is 7.86. The molecule has 1 aromatic rings. The van der Waals surface area contributed by atoms with Gasteiger partial charge in [0.15, 0.2) is 5.96 Å². The summed E-state index contributed by atoms with van der Waals surface area (Å²) in [6.45, 7) is 2.69. The fraction of sp³-hybridized carbons (Fsp3) is 0.562. The second-order valence-electron chi connectivity index (χ2n) is 4.87. The van der Waals surface area contributed by atoms with Gasteiger partial charge in [-0.25, -0.2) is 0 Å². The average molecular weight is 491 g/mol. The van der Waals surface area contributed by atoms with Crippen molar-refractivity contribution in [1.82, 2.24) is 10.6 Å². The van der Waals surface area contributed by atoms with E-state index in [1.165, 1.54) is 4.90 Å². The van der Waals surface area contributed by atoms with Crippen molar-refractivity contribution >= 4 is 41.7 Å². The van der Waals surface area contributed by atoms with E-state index in [1.54, 1.807) is 11.8 Å². The van der Waals surface area contributed by atoms with Crippen LogP contribution < -0.4 is 10.6 Å². The van der Waals surface area contributed by atoms with Crippen LogP contribution >= 0.6 is 35.7 Å². The van der Waals surface area contributed by atoms with E-state index in [2.05, 4.69) is 32.5 Å². The van der Waals surface area contributed by atoms with Crippen molar-refractivity contribution in [2.45, 2.75) is 24.4 Å². The third-order valence-corrected chi connectivity index (χ3v) is 3.75. The molecule has 0 unspecified atom stereocenters. The topological polar surface area (TPSA) is 45.7 Å². The molecule has 0 radical (unpaired) electrons. The Balaban J connectivity index is 0.00000576. The smallest absolute Gasteiger partial charge is 0.372 e. The number of thioether (sulfide) groups is 1. The molecule has 0 fully saturated rings. The molecule has 0 saturated heterocycles. The normalized spacial score (nSPS) is 11.8. The molecule has 0 aromatic heterocycles. The van der Waals surface area contributed by atoms with Gasteiger partial charge >= 0.3 is 6.18 Å². The van der Waals surface area contributed by atoms with Gasteiger partial charge in [-0.1, -0.05) is 18.2 Å². The Kier molecular flexibility index (Phi) is 14.1. The molecular weight excluding hydrogens is 466 g/mol. The maximum absolute atomic E-state index is 11.9. The maximum Gasteiger partial charge on any atom is 0.411 e. The number of aliphatic imine (C=N–C) groups is 1. The minimum Gasteiger partial charge on any atom is -0.372 e. The van der Waals surface area contributed by atoms with Gasteiger partial charge in [0.2, 0.25) is 0 Å². The van der Waals surface area contributed by atoms with Gasteiger partial charge in [0, 0.05) is 36.9 Å². The standard InChI is InChI=1S/C16H24F3N3OS.HI/c1-2-20-15(21-9-6-11-23-13-16(17,18)19)22-10-12-24-14-7-4-3-5-8-14;/h3-5,7-8H,2,6,9-13H2,1H3,(H2,20,21,22);1H. The summed E-state index contributed by atoms with van der Waals surface area (Å²) in [5.74, 6) is 1.56. The Morgan fingerprint density at radius 3 is 2.56 bits per heavy atom. The summed E-state index contributed by atoms with van der Waals surface area (Å²) in [5, 5.41) is 6.31.